The van der Waals surface area contributed by atoms with Crippen molar-refractivity contribution >= 4 is 5.97 Å². The summed E-state index contributed by atoms with van der Waals surface area (Å²) in [5.41, 5.74) is 0. The van der Waals surface area contributed by atoms with E-state index >= 15 is 0 Å². The van der Waals surface area contributed by atoms with Crippen LogP contribution in [0.15, 0.2) is 0 Å². The summed E-state index contributed by atoms with van der Waals surface area (Å²) in [6.07, 6.45) is -5.19. The van der Waals surface area contributed by atoms with Gasteiger partial charge in [-0.15, -0.1) is 0 Å². The van der Waals surface area contributed by atoms with Crippen LogP contribution in [0.5, 0.6) is 0 Å². The van der Waals surface area contributed by atoms with Crippen molar-refractivity contribution in [1.29, 1.82) is 0 Å². The Morgan fingerprint density at radius 1 is 1.38 bits per heavy atom. The molecule has 0 saturated carbocycles. The topological polar surface area (TPSA) is 40.1 Å². The van der Waals surface area contributed by atoms with Crippen LogP contribution in [0.2, 0.25) is 0 Å². The second-order valence-corrected chi connectivity index (χ2v) is 0.785. The quantitative estimate of drug-likeness (QED) is 0.500. The Labute approximate surface area is 55.4 Å². The Hall–Kier alpha value is -0.117. The number of hydrogen-bond acceptors (Lipinski definition) is 2. The fourth-order valence-corrected chi connectivity index (χ4v) is 0. The molecule has 48 valence electrons. The molecule has 0 saturated heterocycles. The summed E-state index contributed by atoms with van der Waals surface area (Å²) in [5, 5.41) is 8.78. The summed E-state index contributed by atoms with van der Waals surface area (Å²) < 4.78 is 31.5. The van der Waals surface area contributed by atoms with Gasteiger partial charge < -0.3 is 9.90 Å². The molecule has 0 aliphatic rings. The molecule has 0 rings (SSSR count). The van der Waals surface area contributed by atoms with Crippen molar-refractivity contribution in [2.45, 2.75) is 6.18 Å². The Bertz CT molecular complexity index is 87.8. The van der Waals surface area contributed by atoms with E-state index in [2.05, 4.69) is 0 Å². The first-order valence-corrected chi connectivity index (χ1v) is 1.23. The molecule has 8 heavy (non-hydrogen) atoms. The Kier molecular flexibility index (Phi) is 4.07. The van der Waals surface area contributed by atoms with Gasteiger partial charge in [-0.3, -0.25) is 0 Å². The Balaban J connectivity index is 0. The normalized spacial score (nSPS) is 9.88. The fraction of sp³-hybridized carbons (Fsp3) is 0.500. The molecule has 6 heteroatoms. The largest absolute Gasteiger partial charge is 2.00 e. The first-order valence-electron chi connectivity index (χ1n) is 1.23. The fourth-order valence-electron chi connectivity index (χ4n) is 0. The standard InChI is InChI=1S/C2HF3O2.Ru/c3-2(4,5)1(6)7;/h(H,6,7);/q;+2/p-1. The Morgan fingerprint density at radius 3 is 1.50 bits per heavy atom. The first kappa shape index (κ1) is 10.8. The molecule has 0 aromatic carbocycles. The number of aliphatic carboxylic acids is 1. The molecule has 2 nitrogen and oxygen atoms in total. The average Bonchev–Trinajstić information content (AvgIpc) is 1.31. The van der Waals surface area contributed by atoms with Crippen LogP contribution in [-0.4, -0.2) is 12.1 Å². The molecule has 0 unspecified atom stereocenters. The number of carboxylic acids is 1. The second-order valence-electron chi connectivity index (χ2n) is 0.785. The minimum absolute atomic E-state index is 0. The van der Waals surface area contributed by atoms with E-state index in [4.69, 9.17) is 9.90 Å². The number of halogens is 3. The van der Waals surface area contributed by atoms with E-state index in [0.717, 1.165) is 0 Å². The molecular weight excluding hydrogens is 214 g/mol. The van der Waals surface area contributed by atoms with Crippen LogP contribution in [0.4, 0.5) is 13.2 Å². The predicted octanol–water partition coefficient (Wildman–Crippen LogP) is -0.704. The van der Waals surface area contributed by atoms with Gasteiger partial charge in [0, 0.05) is 0 Å². The Morgan fingerprint density at radius 2 is 1.50 bits per heavy atom. The van der Waals surface area contributed by atoms with Gasteiger partial charge in [0.15, 0.2) is 0 Å². The van der Waals surface area contributed by atoms with Crippen LogP contribution >= 0.6 is 0 Å². The van der Waals surface area contributed by atoms with Crippen molar-refractivity contribution in [2.24, 2.45) is 0 Å². The van der Waals surface area contributed by atoms with Crippen LogP contribution in [-0.2, 0) is 24.3 Å². The molecule has 0 aromatic heterocycles. The molecule has 0 spiro atoms. The molecule has 0 amide bonds. The number of carboxylic acid groups (broad SMARTS) is 1. The van der Waals surface area contributed by atoms with Gasteiger partial charge in [-0.2, -0.15) is 13.2 Å². The minimum Gasteiger partial charge on any atom is -0.542 e. The molecular formula is C2F3O2Ru+. The monoisotopic (exact) mass is 215 g/mol. The van der Waals surface area contributed by atoms with Crippen LogP contribution in [0.1, 0.15) is 0 Å². The third-order valence-corrected chi connectivity index (χ3v) is 0.231. The molecule has 0 atom stereocenters. The summed E-state index contributed by atoms with van der Waals surface area (Å²) in [4.78, 5) is 8.78. The van der Waals surface area contributed by atoms with Gasteiger partial charge in [-0.1, -0.05) is 0 Å². The van der Waals surface area contributed by atoms with E-state index in [1.54, 1.807) is 0 Å². The van der Waals surface area contributed by atoms with Gasteiger partial charge in [0.05, 0.1) is 0 Å². The molecule has 0 N–H and O–H groups in total. The van der Waals surface area contributed by atoms with Gasteiger partial charge in [-0.05, 0) is 0 Å². The van der Waals surface area contributed by atoms with Crippen molar-refractivity contribution in [3.05, 3.63) is 0 Å². The van der Waals surface area contributed by atoms with Crippen molar-refractivity contribution in [2.75, 3.05) is 0 Å². The van der Waals surface area contributed by atoms with Crippen molar-refractivity contribution < 1.29 is 42.6 Å². The maximum atomic E-state index is 10.5. The molecule has 0 bridgehead atoms. The van der Waals surface area contributed by atoms with E-state index in [1.807, 2.05) is 0 Å². The SMILES string of the molecule is O=C([O-])C(F)(F)F.[Ru+2]. The molecule has 0 radical (unpaired) electrons. The summed E-state index contributed by atoms with van der Waals surface area (Å²) in [6, 6.07) is 0. The summed E-state index contributed by atoms with van der Waals surface area (Å²) in [5.74, 6) is -3.01. The number of rotatable bonds is 0. The molecule has 0 aromatic rings. The summed E-state index contributed by atoms with van der Waals surface area (Å²) in [6.45, 7) is 0. The number of carbonyl (C=O) groups is 1. The van der Waals surface area contributed by atoms with Crippen LogP contribution < -0.4 is 5.11 Å². The van der Waals surface area contributed by atoms with E-state index in [1.165, 1.54) is 0 Å². The smallest absolute Gasteiger partial charge is 0.542 e. The molecule has 0 aliphatic carbocycles. The van der Waals surface area contributed by atoms with Gasteiger partial charge in [0.1, 0.15) is 5.97 Å². The zero-order valence-electron chi connectivity index (χ0n) is 3.30. The zero-order valence-corrected chi connectivity index (χ0v) is 5.04. The van der Waals surface area contributed by atoms with E-state index < -0.39 is 12.1 Å². The predicted molar refractivity (Wildman–Crippen MR) is 11.1 cm³/mol. The number of carbonyl (C=O) groups excluding carboxylic acids is 1. The molecule has 0 fully saturated rings. The number of alkyl halides is 3. The second kappa shape index (κ2) is 3.02. The van der Waals surface area contributed by atoms with E-state index in [9.17, 15) is 13.2 Å². The maximum absolute atomic E-state index is 10.5. The number of hydrogen-bond donors (Lipinski definition) is 0. The van der Waals surface area contributed by atoms with Gasteiger partial charge >= 0.3 is 25.7 Å². The third kappa shape index (κ3) is 4.05. The van der Waals surface area contributed by atoms with Crippen LogP contribution in [0.25, 0.3) is 0 Å². The summed E-state index contributed by atoms with van der Waals surface area (Å²) in [7, 11) is 0. The van der Waals surface area contributed by atoms with Crippen molar-refractivity contribution in [3.8, 4) is 0 Å². The molecule has 0 heterocycles. The van der Waals surface area contributed by atoms with Gasteiger partial charge in [0.25, 0.3) is 0 Å². The van der Waals surface area contributed by atoms with E-state index in [-0.39, 0.29) is 19.5 Å². The van der Waals surface area contributed by atoms with Crippen molar-refractivity contribution in [3.63, 3.8) is 0 Å². The first-order chi connectivity index (χ1) is 2.94. The third-order valence-electron chi connectivity index (χ3n) is 0.231. The van der Waals surface area contributed by atoms with E-state index in [0.29, 0.717) is 0 Å². The van der Waals surface area contributed by atoms with Gasteiger partial charge in [-0.25, -0.2) is 0 Å². The van der Waals surface area contributed by atoms with Crippen molar-refractivity contribution in [1.82, 2.24) is 0 Å². The minimum atomic E-state index is -5.19. The van der Waals surface area contributed by atoms with Crippen LogP contribution in [0.3, 0.4) is 0 Å². The van der Waals surface area contributed by atoms with Crippen LogP contribution in [0, 0.1) is 0 Å². The zero-order chi connectivity index (χ0) is 6.08. The summed E-state index contributed by atoms with van der Waals surface area (Å²) >= 11 is 0. The maximum Gasteiger partial charge on any atom is 2.00 e. The van der Waals surface area contributed by atoms with Gasteiger partial charge in [0.2, 0.25) is 0 Å². The average molecular weight is 214 g/mol. The molecule has 0 aliphatic heterocycles.